The van der Waals surface area contributed by atoms with Gasteiger partial charge in [0.1, 0.15) is 0 Å². The SMILES string of the molecule is O=[N+]([O-])c1ccc(NP(=O)(Nc2ccc([N+](=O)[O-])cc2C(F)(F)F)c2ccccc2)c(C(F)(F)F)c1. The van der Waals surface area contributed by atoms with Crippen LogP contribution in [0.25, 0.3) is 0 Å². The Labute approximate surface area is 197 Å². The molecule has 0 bridgehead atoms. The van der Waals surface area contributed by atoms with Gasteiger partial charge in [-0.05, 0) is 24.3 Å². The van der Waals surface area contributed by atoms with E-state index < -0.39 is 63.5 Å². The maximum Gasteiger partial charge on any atom is 0.418 e. The number of nitro groups is 2. The molecular formula is C20H13F6N4O5P. The van der Waals surface area contributed by atoms with E-state index in [1.165, 1.54) is 18.2 Å². The summed E-state index contributed by atoms with van der Waals surface area (Å²) in [6.07, 6.45) is -10.3. The molecule has 0 unspecified atom stereocenters. The van der Waals surface area contributed by atoms with Gasteiger partial charge in [0.15, 0.2) is 0 Å². The number of anilines is 2. The van der Waals surface area contributed by atoms with Gasteiger partial charge in [0.05, 0.1) is 37.7 Å². The Morgan fingerprint density at radius 1 is 0.667 bits per heavy atom. The summed E-state index contributed by atoms with van der Waals surface area (Å²) in [5.41, 5.74) is -6.86. The van der Waals surface area contributed by atoms with Crippen LogP contribution in [-0.4, -0.2) is 9.85 Å². The minimum absolute atomic E-state index is 0.185. The highest BCUT2D eigenvalue weighted by Crippen LogP contribution is 2.50. The summed E-state index contributed by atoms with van der Waals surface area (Å²) < 4.78 is 95.8. The predicted molar refractivity (Wildman–Crippen MR) is 117 cm³/mol. The molecule has 0 aliphatic rings. The van der Waals surface area contributed by atoms with E-state index in [0.717, 1.165) is 12.1 Å². The summed E-state index contributed by atoms with van der Waals surface area (Å²) >= 11 is 0. The average molecular weight is 534 g/mol. The third-order valence-electron chi connectivity index (χ3n) is 4.71. The Kier molecular flexibility index (Phi) is 6.98. The van der Waals surface area contributed by atoms with Gasteiger partial charge in [-0.15, -0.1) is 0 Å². The Hall–Kier alpha value is -4.13. The van der Waals surface area contributed by atoms with Crippen LogP contribution in [0.5, 0.6) is 0 Å². The molecule has 0 fully saturated rings. The van der Waals surface area contributed by atoms with Gasteiger partial charge in [-0.1, -0.05) is 18.2 Å². The van der Waals surface area contributed by atoms with Crippen LogP contribution in [-0.2, 0) is 16.9 Å². The third kappa shape index (κ3) is 5.74. The smallest absolute Gasteiger partial charge is 0.316 e. The maximum atomic E-state index is 13.9. The molecule has 3 aromatic rings. The van der Waals surface area contributed by atoms with Gasteiger partial charge < -0.3 is 10.2 Å². The van der Waals surface area contributed by atoms with E-state index in [9.17, 15) is 51.1 Å². The Balaban J connectivity index is 2.19. The number of nitrogens with one attached hydrogen (secondary N) is 2. The Morgan fingerprint density at radius 3 is 1.39 bits per heavy atom. The first-order chi connectivity index (χ1) is 16.6. The van der Waals surface area contributed by atoms with Gasteiger partial charge in [0, 0.05) is 24.3 Å². The number of non-ortho nitro benzene ring substituents is 2. The van der Waals surface area contributed by atoms with E-state index in [0.29, 0.717) is 24.3 Å². The van der Waals surface area contributed by atoms with Gasteiger partial charge in [-0.2, -0.15) is 26.3 Å². The van der Waals surface area contributed by atoms with Crippen molar-refractivity contribution >= 4 is 35.5 Å². The van der Waals surface area contributed by atoms with Crippen LogP contribution in [0.15, 0.2) is 66.7 Å². The minimum Gasteiger partial charge on any atom is -0.316 e. The van der Waals surface area contributed by atoms with Crippen molar-refractivity contribution in [1.29, 1.82) is 0 Å². The molecule has 0 radical (unpaired) electrons. The van der Waals surface area contributed by atoms with Crippen LogP contribution in [0.2, 0.25) is 0 Å². The summed E-state index contributed by atoms with van der Waals surface area (Å²) in [7, 11) is -4.63. The van der Waals surface area contributed by atoms with Crippen molar-refractivity contribution in [1.82, 2.24) is 0 Å². The quantitative estimate of drug-likeness (QED) is 0.152. The fourth-order valence-electron chi connectivity index (χ4n) is 3.09. The first kappa shape index (κ1) is 26.5. The highest BCUT2D eigenvalue weighted by atomic mass is 31.2. The number of nitrogens with zero attached hydrogens (tertiary/aromatic N) is 2. The molecule has 0 saturated carbocycles. The lowest BCUT2D eigenvalue weighted by molar-refractivity contribution is -0.385. The summed E-state index contributed by atoms with van der Waals surface area (Å²) in [6, 6.07) is 9.44. The van der Waals surface area contributed by atoms with Gasteiger partial charge >= 0.3 is 12.4 Å². The van der Waals surface area contributed by atoms with Crippen molar-refractivity contribution in [2.75, 3.05) is 10.2 Å². The molecule has 0 amide bonds. The molecule has 0 aromatic heterocycles. The van der Waals surface area contributed by atoms with E-state index >= 15 is 0 Å². The number of benzene rings is 3. The number of alkyl halides is 6. The van der Waals surface area contributed by atoms with Gasteiger partial charge in [-0.3, -0.25) is 24.8 Å². The number of halogens is 6. The third-order valence-corrected chi connectivity index (χ3v) is 6.85. The zero-order chi connectivity index (χ0) is 26.9. The number of hydrogen-bond acceptors (Lipinski definition) is 5. The molecule has 0 aliphatic carbocycles. The maximum absolute atomic E-state index is 13.9. The van der Waals surface area contributed by atoms with Gasteiger partial charge in [-0.25, -0.2) is 0 Å². The molecule has 2 N–H and O–H groups in total. The molecule has 190 valence electrons. The number of nitro benzene ring substituents is 2. The van der Waals surface area contributed by atoms with Crippen molar-refractivity contribution in [3.63, 3.8) is 0 Å². The van der Waals surface area contributed by atoms with Gasteiger partial charge in [0.25, 0.3) is 18.8 Å². The van der Waals surface area contributed by atoms with Crippen LogP contribution >= 0.6 is 7.44 Å². The molecule has 3 rings (SSSR count). The number of hydrogen-bond donors (Lipinski definition) is 2. The standard InChI is InChI=1S/C20H13F6N4O5P/c21-19(22,23)15-10-12(29(31)32)6-8-17(15)27-36(35,14-4-2-1-3-5-14)28-18-9-7-13(30(33)34)11-16(18)20(24,25)26/h1-11H,(H2,27,28,35). The van der Waals surface area contributed by atoms with Crippen molar-refractivity contribution in [3.8, 4) is 0 Å². The van der Waals surface area contributed by atoms with E-state index in [-0.39, 0.29) is 17.4 Å². The summed E-state index contributed by atoms with van der Waals surface area (Å²) in [4.78, 5) is 19.7. The second-order valence-corrected chi connectivity index (χ2v) is 9.32. The lowest BCUT2D eigenvalue weighted by Gasteiger charge is -2.26. The van der Waals surface area contributed by atoms with E-state index in [4.69, 9.17) is 0 Å². The first-order valence-electron chi connectivity index (χ1n) is 9.55. The van der Waals surface area contributed by atoms with Crippen molar-refractivity contribution < 1.29 is 40.8 Å². The minimum atomic E-state index is -5.17. The lowest BCUT2D eigenvalue weighted by Crippen LogP contribution is -2.21. The van der Waals surface area contributed by atoms with Crippen LogP contribution in [0, 0.1) is 20.2 Å². The fraction of sp³-hybridized carbons (Fsp3) is 0.100. The average Bonchev–Trinajstić information content (AvgIpc) is 2.78. The van der Waals surface area contributed by atoms with Crippen molar-refractivity contribution in [2.45, 2.75) is 12.4 Å². The largest absolute Gasteiger partial charge is 0.418 e. The zero-order valence-corrected chi connectivity index (χ0v) is 18.4. The highest BCUT2D eigenvalue weighted by molar-refractivity contribution is 7.74. The van der Waals surface area contributed by atoms with Crippen LogP contribution in [0.3, 0.4) is 0 Å². The van der Waals surface area contributed by atoms with E-state index in [1.54, 1.807) is 0 Å². The monoisotopic (exact) mass is 534 g/mol. The molecule has 0 spiro atoms. The molecule has 0 aliphatic heterocycles. The second kappa shape index (κ2) is 9.49. The zero-order valence-electron chi connectivity index (χ0n) is 17.5. The van der Waals surface area contributed by atoms with Crippen LogP contribution in [0.4, 0.5) is 49.1 Å². The molecule has 0 saturated heterocycles. The molecule has 36 heavy (non-hydrogen) atoms. The van der Waals surface area contributed by atoms with E-state index in [2.05, 4.69) is 10.2 Å². The van der Waals surface area contributed by atoms with Gasteiger partial charge in [0.2, 0.25) is 0 Å². The molecule has 3 aromatic carbocycles. The summed E-state index contributed by atoms with van der Waals surface area (Å²) in [6.45, 7) is 0. The Bertz CT molecular complexity index is 1280. The fourth-order valence-corrected chi connectivity index (χ4v) is 5.06. The predicted octanol–water partition coefficient (Wildman–Crippen LogP) is 6.58. The molecule has 9 nitrogen and oxygen atoms in total. The molecule has 0 atom stereocenters. The van der Waals surface area contributed by atoms with Crippen molar-refractivity contribution in [2.24, 2.45) is 0 Å². The first-order valence-corrected chi connectivity index (χ1v) is 11.3. The van der Waals surface area contributed by atoms with Crippen LogP contribution < -0.4 is 15.5 Å². The summed E-state index contributed by atoms with van der Waals surface area (Å²) in [5.74, 6) is 0. The van der Waals surface area contributed by atoms with Crippen molar-refractivity contribution in [3.05, 3.63) is 98.1 Å². The van der Waals surface area contributed by atoms with E-state index in [1.807, 2.05) is 0 Å². The molecule has 0 heterocycles. The molecular weight excluding hydrogens is 521 g/mol. The summed E-state index contributed by atoms with van der Waals surface area (Å²) in [5, 5.41) is 25.8. The van der Waals surface area contributed by atoms with Crippen LogP contribution in [0.1, 0.15) is 11.1 Å². The lowest BCUT2D eigenvalue weighted by atomic mass is 10.1. The topological polar surface area (TPSA) is 127 Å². The Morgan fingerprint density at radius 2 is 1.06 bits per heavy atom. The number of rotatable bonds is 7. The second-order valence-electron chi connectivity index (χ2n) is 7.14. The normalized spacial score (nSPS) is 12.2. The highest BCUT2D eigenvalue weighted by Gasteiger charge is 2.40. The molecule has 16 heteroatoms.